The SMILES string of the molecule is CC1CCC(NS(=O)(=O)c2ccc(NCCCN3CCCC(C(N)=O)C3)c([N+](=O)[O-])c2)CC1. The van der Waals surface area contributed by atoms with Crippen molar-refractivity contribution in [2.45, 2.75) is 62.8 Å². The summed E-state index contributed by atoms with van der Waals surface area (Å²) in [6, 6.07) is 3.86. The minimum Gasteiger partial charge on any atom is -0.379 e. The molecule has 11 heteroatoms. The minimum atomic E-state index is -3.83. The largest absolute Gasteiger partial charge is 0.379 e. The third kappa shape index (κ3) is 7.12. The molecule has 1 aliphatic carbocycles. The van der Waals surface area contributed by atoms with Crippen molar-refractivity contribution in [3.63, 3.8) is 0 Å². The summed E-state index contributed by atoms with van der Waals surface area (Å²) in [7, 11) is -3.83. The summed E-state index contributed by atoms with van der Waals surface area (Å²) in [5.41, 5.74) is 5.45. The number of hydrogen-bond donors (Lipinski definition) is 3. The molecule has 1 heterocycles. The van der Waals surface area contributed by atoms with E-state index in [1.165, 1.54) is 12.1 Å². The Kier molecular flexibility index (Phi) is 8.66. The summed E-state index contributed by atoms with van der Waals surface area (Å²) in [5, 5.41) is 14.7. The molecule has 0 spiro atoms. The van der Waals surface area contributed by atoms with Gasteiger partial charge in [0.05, 0.1) is 15.7 Å². The van der Waals surface area contributed by atoms with E-state index >= 15 is 0 Å². The molecule has 0 bridgehead atoms. The van der Waals surface area contributed by atoms with Crippen molar-refractivity contribution in [3.05, 3.63) is 28.3 Å². The van der Waals surface area contributed by atoms with Gasteiger partial charge in [-0.05, 0) is 76.1 Å². The summed E-state index contributed by atoms with van der Waals surface area (Å²) in [6.45, 7) is 4.95. The van der Waals surface area contributed by atoms with Crippen LogP contribution in [0.3, 0.4) is 0 Å². The molecular formula is C22H35N5O5S. The van der Waals surface area contributed by atoms with Gasteiger partial charge >= 0.3 is 0 Å². The molecule has 184 valence electrons. The Morgan fingerprint density at radius 3 is 2.64 bits per heavy atom. The number of amides is 1. The summed E-state index contributed by atoms with van der Waals surface area (Å²) in [6.07, 6.45) is 5.97. The number of carbonyl (C=O) groups is 1. The molecule has 3 rings (SSSR count). The number of rotatable bonds is 10. The number of piperidine rings is 1. The molecule has 1 saturated carbocycles. The van der Waals surface area contributed by atoms with Crippen LogP contribution in [0.5, 0.6) is 0 Å². The van der Waals surface area contributed by atoms with Crippen LogP contribution in [-0.2, 0) is 14.8 Å². The molecule has 1 amide bonds. The molecule has 1 saturated heterocycles. The van der Waals surface area contributed by atoms with Gasteiger partial charge in [-0.2, -0.15) is 0 Å². The molecule has 2 fully saturated rings. The van der Waals surface area contributed by atoms with Crippen LogP contribution in [0.15, 0.2) is 23.1 Å². The van der Waals surface area contributed by atoms with Crippen molar-refractivity contribution in [2.24, 2.45) is 17.6 Å². The molecule has 4 N–H and O–H groups in total. The van der Waals surface area contributed by atoms with Crippen molar-refractivity contribution in [3.8, 4) is 0 Å². The van der Waals surface area contributed by atoms with Gasteiger partial charge in [-0.1, -0.05) is 6.92 Å². The van der Waals surface area contributed by atoms with Crippen LogP contribution >= 0.6 is 0 Å². The van der Waals surface area contributed by atoms with Gasteiger partial charge in [0.15, 0.2) is 0 Å². The van der Waals surface area contributed by atoms with Crippen LogP contribution < -0.4 is 15.8 Å². The second kappa shape index (κ2) is 11.3. The van der Waals surface area contributed by atoms with Crippen molar-refractivity contribution >= 4 is 27.3 Å². The number of sulfonamides is 1. The Balaban J connectivity index is 1.57. The van der Waals surface area contributed by atoms with Gasteiger partial charge in [-0.25, -0.2) is 13.1 Å². The third-order valence-corrected chi connectivity index (χ3v) is 8.21. The highest BCUT2D eigenvalue weighted by Crippen LogP contribution is 2.29. The third-order valence-electron chi connectivity index (χ3n) is 6.69. The first-order valence-corrected chi connectivity index (χ1v) is 13.2. The average molecular weight is 482 g/mol. The van der Waals surface area contributed by atoms with Crippen LogP contribution in [0.1, 0.15) is 51.9 Å². The predicted octanol–water partition coefficient (Wildman–Crippen LogP) is 2.45. The highest BCUT2D eigenvalue weighted by Gasteiger charge is 2.27. The number of hydrogen-bond acceptors (Lipinski definition) is 7. The fraction of sp³-hybridized carbons (Fsp3) is 0.682. The van der Waals surface area contributed by atoms with Crippen LogP contribution in [0, 0.1) is 22.0 Å². The van der Waals surface area contributed by atoms with Crippen LogP contribution in [0.4, 0.5) is 11.4 Å². The van der Waals surface area contributed by atoms with Gasteiger partial charge in [-0.3, -0.25) is 14.9 Å². The van der Waals surface area contributed by atoms with E-state index in [-0.39, 0.29) is 28.4 Å². The highest BCUT2D eigenvalue weighted by atomic mass is 32.2. The Bertz CT molecular complexity index is 946. The van der Waals surface area contributed by atoms with Gasteiger partial charge in [-0.15, -0.1) is 0 Å². The predicted molar refractivity (Wildman–Crippen MR) is 126 cm³/mol. The Morgan fingerprint density at radius 1 is 1.24 bits per heavy atom. The van der Waals surface area contributed by atoms with Gasteiger partial charge in [0, 0.05) is 25.2 Å². The standard InChI is InChI=1S/C22H35N5O5S/c1-16-5-7-18(8-6-16)25-33(31,32)19-9-10-20(21(14-19)27(29)30)24-11-3-13-26-12-2-4-17(15-26)22(23)28/h9-10,14,16-18,24-25H,2-8,11-13,15H2,1H3,(H2,23,28). The maximum absolute atomic E-state index is 12.8. The molecule has 2 aliphatic rings. The fourth-order valence-electron chi connectivity index (χ4n) is 4.66. The molecule has 0 radical (unpaired) electrons. The number of nitro groups is 1. The van der Waals surface area contributed by atoms with Gasteiger partial charge < -0.3 is 16.0 Å². The van der Waals surface area contributed by atoms with E-state index in [0.29, 0.717) is 24.7 Å². The van der Waals surface area contributed by atoms with Gasteiger partial charge in [0.2, 0.25) is 15.9 Å². The number of primary amides is 1. The summed E-state index contributed by atoms with van der Waals surface area (Å²) >= 11 is 0. The number of nitro benzene ring substituents is 1. The first kappa shape index (κ1) is 25.4. The molecule has 1 atom stereocenters. The van der Waals surface area contributed by atoms with Crippen molar-refractivity contribution in [1.82, 2.24) is 9.62 Å². The zero-order valence-corrected chi connectivity index (χ0v) is 20.0. The fourth-order valence-corrected chi connectivity index (χ4v) is 5.99. The van der Waals surface area contributed by atoms with Crippen LogP contribution in [0.2, 0.25) is 0 Å². The lowest BCUT2D eigenvalue weighted by Crippen LogP contribution is -2.41. The normalized spacial score (nSPS) is 24.3. The second-order valence-corrected chi connectivity index (χ2v) is 11.1. The summed E-state index contributed by atoms with van der Waals surface area (Å²) in [5.74, 6) is 0.209. The van der Waals surface area contributed by atoms with E-state index in [9.17, 15) is 23.3 Å². The zero-order valence-electron chi connectivity index (χ0n) is 19.2. The number of nitrogens with two attached hydrogens (primary N) is 1. The number of carbonyl (C=O) groups excluding carboxylic acids is 1. The second-order valence-electron chi connectivity index (χ2n) is 9.34. The van der Waals surface area contributed by atoms with E-state index < -0.39 is 14.9 Å². The van der Waals surface area contributed by atoms with E-state index in [1.807, 2.05) is 0 Å². The molecule has 1 unspecified atom stereocenters. The molecule has 1 aliphatic heterocycles. The van der Waals surface area contributed by atoms with E-state index in [4.69, 9.17) is 5.73 Å². The number of nitrogens with zero attached hydrogens (tertiary/aromatic N) is 2. The van der Waals surface area contributed by atoms with Crippen LogP contribution in [0.25, 0.3) is 0 Å². The Hall–Kier alpha value is -2.24. The zero-order chi connectivity index (χ0) is 24.0. The molecular weight excluding hydrogens is 446 g/mol. The van der Waals surface area contributed by atoms with Gasteiger partial charge in [0.1, 0.15) is 5.69 Å². The number of likely N-dealkylation sites (tertiary alicyclic amines) is 1. The lowest BCUT2D eigenvalue weighted by atomic mass is 9.88. The average Bonchev–Trinajstić information content (AvgIpc) is 2.78. The van der Waals surface area contributed by atoms with Gasteiger partial charge in [0.25, 0.3) is 5.69 Å². The maximum atomic E-state index is 12.8. The quantitative estimate of drug-likeness (QED) is 0.264. The topological polar surface area (TPSA) is 148 Å². The molecule has 1 aromatic rings. The Labute approximate surface area is 195 Å². The molecule has 1 aromatic carbocycles. The summed E-state index contributed by atoms with van der Waals surface area (Å²) < 4.78 is 28.3. The van der Waals surface area contributed by atoms with Crippen molar-refractivity contribution in [2.75, 3.05) is 31.5 Å². The number of benzene rings is 1. The number of nitrogens with one attached hydrogen (secondary N) is 2. The monoisotopic (exact) mass is 481 g/mol. The molecule has 0 aromatic heterocycles. The molecule has 33 heavy (non-hydrogen) atoms. The molecule has 10 nitrogen and oxygen atoms in total. The highest BCUT2D eigenvalue weighted by molar-refractivity contribution is 7.89. The van der Waals surface area contributed by atoms with E-state index in [2.05, 4.69) is 21.9 Å². The minimum absolute atomic E-state index is 0.0933. The first-order valence-electron chi connectivity index (χ1n) is 11.7. The van der Waals surface area contributed by atoms with E-state index in [0.717, 1.165) is 64.1 Å². The van der Waals surface area contributed by atoms with Crippen molar-refractivity contribution in [1.29, 1.82) is 0 Å². The van der Waals surface area contributed by atoms with E-state index in [1.54, 1.807) is 0 Å². The van der Waals surface area contributed by atoms with Crippen molar-refractivity contribution < 1.29 is 18.1 Å². The number of anilines is 1. The lowest BCUT2D eigenvalue weighted by molar-refractivity contribution is -0.384. The van der Waals surface area contributed by atoms with Crippen LogP contribution in [-0.4, -0.2) is 56.4 Å². The first-order chi connectivity index (χ1) is 15.7. The lowest BCUT2D eigenvalue weighted by Gasteiger charge is -2.31. The smallest absolute Gasteiger partial charge is 0.293 e. The maximum Gasteiger partial charge on any atom is 0.293 e. The Morgan fingerprint density at radius 2 is 1.97 bits per heavy atom. The summed E-state index contributed by atoms with van der Waals surface area (Å²) in [4.78, 5) is 24.5.